The van der Waals surface area contributed by atoms with E-state index in [0.29, 0.717) is 0 Å². The summed E-state index contributed by atoms with van der Waals surface area (Å²) in [5.74, 6) is 0. The first kappa shape index (κ1) is 14.4. The van der Waals surface area contributed by atoms with Gasteiger partial charge in [0, 0.05) is 0 Å². The van der Waals surface area contributed by atoms with Crippen molar-refractivity contribution in [2.24, 2.45) is 0 Å². The fourth-order valence-electron chi connectivity index (χ4n) is 4.51. The van der Waals surface area contributed by atoms with Crippen molar-refractivity contribution in [1.82, 2.24) is 0 Å². The van der Waals surface area contributed by atoms with E-state index in [-0.39, 0.29) is 0 Å². The third kappa shape index (κ3) is 3.01. The fourth-order valence-corrected chi connectivity index (χ4v) is 9.09. The van der Waals surface area contributed by atoms with Crippen molar-refractivity contribution in [3.05, 3.63) is 46.6 Å². The first-order chi connectivity index (χ1) is 10.4. The van der Waals surface area contributed by atoms with E-state index < -0.39 is 23.2 Å². The monoisotopic (exact) mass is 356 g/mol. The van der Waals surface area contributed by atoms with E-state index in [2.05, 4.69) is 24.3 Å². The van der Waals surface area contributed by atoms with Crippen LogP contribution in [0.15, 0.2) is 46.6 Å². The summed E-state index contributed by atoms with van der Waals surface area (Å²) >= 11 is -0.410. The van der Waals surface area contributed by atoms with E-state index in [1.165, 1.54) is 64.2 Å². The van der Waals surface area contributed by atoms with Crippen LogP contribution in [0.2, 0.25) is 7.25 Å². The molecule has 0 aromatic heterocycles. The predicted molar refractivity (Wildman–Crippen MR) is 86.0 cm³/mol. The van der Waals surface area contributed by atoms with Crippen LogP contribution < -0.4 is 0 Å². The van der Waals surface area contributed by atoms with Gasteiger partial charge < -0.3 is 0 Å². The quantitative estimate of drug-likeness (QED) is 0.543. The van der Waals surface area contributed by atoms with E-state index in [4.69, 9.17) is 0 Å². The summed E-state index contributed by atoms with van der Waals surface area (Å²) in [7, 11) is 0. The Morgan fingerprint density at radius 2 is 1.10 bits per heavy atom. The van der Waals surface area contributed by atoms with Crippen LogP contribution >= 0.6 is 0 Å². The van der Waals surface area contributed by atoms with Gasteiger partial charge >= 0.3 is 141 Å². The Morgan fingerprint density at radius 1 is 0.619 bits per heavy atom. The Labute approximate surface area is 141 Å². The SMILES string of the molecule is C1=C[CH]([Zr][CH]2C=CC3=C2CCCCC3)C2=C1CCCCC2. The van der Waals surface area contributed by atoms with Crippen molar-refractivity contribution in [2.75, 3.05) is 0 Å². The van der Waals surface area contributed by atoms with Gasteiger partial charge in [-0.1, -0.05) is 0 Å². The number of allylic oxidation sites excluding steroid dienone is 8. The van der Waals surface area contributed by atoms with Crippen LogP contribution in [0, 0.1) is 0 Å². The summed E-state index contributed by atoms with van der Waals surface area (Å²) in [5.41, 5.74) is 7.26. The summed E-state index contributed by atoms with van der Waals surface area (Å²) < 4.78 is 1.85. The van der Waals surface area contributed by atoms with Gasteiger partial charge in [0.25, 0.3) is 0 Å². The zero-order valence-corrected chi connectivity index (χ0v) is 15.5. The number of rotatable bonds is 2. The summed E-state index contributed by atoms with van der Waals surface area (Å²) in [5, 5.41) is 0. The van der Waals surface area contributed by atoms with Crippen LogP contribution in [-0.2, 0) is 23.2 Å². The molecule has 4 rings (SSSR count). The van der Waals surface area contributed by atoms with E-state index >= 15 is 0 Å². The molecule has 1 heteroatoms. The topological polar surface area (TPSA) is 0 Å². The number of hydrogen-bond acceptors (Lipinski definition) is 0. The molecule has 0 N–H and O–H groups in total. The summed E-state index contributed by atoms with van der Waals surface area (Å²) in [6.07, 6.45) is 24.5. The van der Waals surface area contributed by atoms with Crippen molar-refractivity contribution in [2.45, 2.75) is 71.5 Å². The van der Waals surface area contributed by atoms with Crippen LogP contribution in [0.25, 0.3) is 0 Å². The third-order valence-electron chi connectivity index (χ3n) is 5.70. The molecule has 0 fully saturated rings. The van der Waals surface area contributed by atoms with Crippen molar-refractivity contribution >= 4 is 0 Å². The van der Waals surface area contributed by atoms with Gasteiger partial charge in [0.1, 0.15) is 0 Å². The Morgan fingerprint density at radius 3 is 1.62 bits per heavy atom. The van der Waals surface area contributed by atoms with E-state index in [1.54, 1.807) is 11.1 Å². The molecule has 0 aromatic carbocycles. The number of hydrogen-bond donors (Lipinski definition) is 0. The molecule has 0 radical (unpaired) electrons. The molecule has 0 bridgehead atoms. The van der Waals surface area contributed by atoms with Crippen molar-refractivity contribution < 1.29 is 23.2 Å². The Bertz CT molecular complexity index is 484. The van der Waals surface area contributed by atoms with E-state index in [9.17, 15) is 0 Å². The molecule has 0 aromatic rings. The molecular formula is C20H26Zr. The molecule has 0 spiro atoms. The average molecular weight is 358 g/mol. The van der Waals surface area contributed by atoms with E-state index in [1.807, 2.05) is 11.1 Å². The third-order valence-corrected chi connectivity index (χ3v) is 10.1. The minimum atomic E-state index is -0.410. The van der Waals surface area contributed by atoms with Gasteiger partial charge in [-0.3, -0.25) is 0 Å². The minimum absolute atomic E-state index is 0.410. The van der Waals surface area contributed by atoms with Crippen molar-refractivity contribution in [3.63, 3.8) is 0 Å². The van der Waals surface area contributed by atoms with Crippen molar-refractivity contribution in [1.29, 1.82) is 0 Å². The molecule has 110 valence electrons. The molecule has 2 unspecified atom stereocenters. The van der Waals surface area contributed by atoms with Crippen LogP contribution in [0.3, 0.4) is 0 Å². The second kappa shape index (κ2) is 6.53. The summed E-state index contributed by atoms with van der Waals surface area (Å²) in [6, 6.07) is 0. The average Bonchev–Trinajstić information content (AvgIpc) is 2.85. The molecule has 4 aliphatic carbocycles. The second-order valence-electron chi connectivity index (χ2n) is 7.06. The van der Waals surface area contributed by atoms with Gasteiger partial charge in [-0.2, -0.15) is 0 Å². The Balaban J connectivity index is 1.49. The van der Waals surface area contributed by atoms with Gasteiger partial charge in [0.2, 0.25) is 0 Å². The predicted octanol–water partition coefficient (Wildman–Crippen LogP) is 6.31. The molecule has 2 atom stereocenters. The Hall–Kier alpha value is -0.157. The molecule has 0 saturated heterocycles. The van der Waals surface area contributed by atoms with E-state index in [0.717, 1.165) is 7.25 Å². The summed E-state index contributed by atoms with van der Waals surface area (Å²) in [6.45, 7) is 0. The normalized spacial score (nSPS) is 32.0. The molecule has 0 nitrogen and oxygen atoms in total. The molecular weight excluding hydrogens is 331 g/mol. The molecule has 0 heterocycles. The molecule has 0 saturated carbocycles. The van der Waals surface area contributed by atoms with Crippen LogP contribution in [0.4, 0.5) is 0 Å². The summed E-state index contributed by atoms with van der Waals surface area (Å²) in [4.78, 5) is 0. The van der Waals surface area contributed by atoms with Gasteiger partial charge in [0.15, 0.2) is 0 Å². The fraction of sp³-hybridized carbons (Fsp3) is 0.600. The van der Waals surface area contributed by atoms with Crippen LogP contribution in [0.1, 0.15) is 64.2 Å². The molecule has 0 aliphatic heterocycles. The first-order valence-electron chi connectivity index (χ1n) is 8.98. The maximum atomic E-state index is 2.60. The van der Waals surface area contributed by atoms with Crippen LogP contribution in [0.5, 0.6) is 0 Å². The molecule has 4 aliphatic rings. The maximum absolute atomic E-state index is 2.60. The zero-order valence-electron chi connectivity index (χ0n) is 13.0. The first-order valence-corrected chi connectivity index (χ1v) is 11.8. The Kier molecular flexibility index (Phi) is 4.49. The molecule has 21 heavy (non-hydrogen) atoms. The van der Waals surface area contributed by atoms with Gasteiger partial charge in [-0.25, -0.2) is 0 Å². The van der Waals surface area contributed by atoms with Gasteiger partial charge in [0.05, 0.1) is 0 Å². The zero-order chi connectivity index (χ0) is 14.1. The second-order valence-corrected chi connectivity index (χ2v) is 10.9. The van der Waals surface area contributed by atoms with Crippen molar-refractivity contribution in [3.8, 4) is 0 Å². The van der Waals surface area contributed by atoms with Gasteiger partial charge in [-0.05, 0) is 0 Å². The van der Waals surface area contributed by atoms with Gasteiger partial charge in [-0.15, -0.1) is 0 Å². The molecule has 0 amide bonds. The van der Waals surface area contributed by atoms with Crippen LogP contribution in [-0.4, -0.2) is 0 Å². The standard InChI is InChI=1S/2C10H13.Zr/c2*1-2-5-9-7-4-8-10(9)6-3-1;/h2*4,7-8H,1-3,5-6H2;.